The molecule has 3 heterocycles. The number of aromatic nitrogens is 2. The van der Waals surface area contributed by atoms with Gasteiger partial charge in [0.2, 0.25) is 10.0 Å². The van der Waals surface area contributed by atoms with E-state index in [9.17, 15) is 8.42 Å². The summed E-state index contributed by atoms with van der Waals surface area (Å²) in [4.78, 5) is 7.89. The zero-order valence-corrected chi connectivity index (χ0v) is 13.2. The lowest BCUT2D eigenvalue weighted by molar-refractivity contribution is 0.0757. The first-order valence-electron chi connectivity index (χ1n) is 6.82. The summed E-state index contributed by atoms with van der Waals surface area (Å²) >= 11 is 1.54. The number of imidazole rings is 1. The van der Waals surface area contributed by atoms with Crippen LogP contribution in [0.3, 0.4) is 0 Å². The molecule has 4 N–H and O–H groups in total. The molecular weight excluding hydrogens is 326 g/mol. The number of primary sulfonamides is 1. The quantitative estimate of drug-likeness (QED) is 0.655. The van der Waals surface area contributed by atoms with Crippen LogP contribution in [-0.4, -0.2) is 43.9 Å². The molecular formula is C12H15N5O3S2. The van der Waals surface area contributed by atoms with Crippen LogP contribution in [0, 0.1) is 0 Å². The van der Waals surface area contributed by atoms with Gasteiger partial charge in [-0.1, -0.05) is 0 Å². The molecule has 0 bridgehead atoms. The predicted molar refractivity (Wildman–Crippen MR) is 83.4 cm³/mol. The van der Waals surface area contributed by atoms with Crippen LogP contribution in [0.5, 0.6) is 0 Å². The molecule has 2 atom stereocenters. The maximum atomic E-state index is 11.5. The fourth-order valence-electron chi connectivity index (χ4n) is 2.74. The fraction of sp³-hybridized carbons (Fsp3) is 0.417. The van der Waals surface area contributed by atoms with Crippen molar-refractivity contribution in [2.45, 2.75) is 16.2 Å². The van der Waals surface area contributed by atoms with Crippen molar-refractivity contribution in [3.05, 3.63) is 24.0 Å². The second-order valence-electron chi connectivity index (χ2n) is 5.27. The third-order valence-corrected chi connectivity index (χ3v) is 5.81. The van der Waals surface area contributed by atoms with Crippen LogP contribution in [0.2, 0.25) is 0 Å². The lowest BCUT2D eigenvalue weighted by atomic mass is 10.2. The van der Waals surface area contributed by atoms with E-state index < -0.39 is 10.0 Å². The standard InChI is InChI=1S/C12H15N5O3S2/c13-22(18,19)7-1-2-8-10(5-7)17-12(15-8)11(21-16-17)9-6-20-4-3-14-9/h1-2,5,9,11,14,16H,3-4,6H2,(H2,13,18,19). The van der Waals surface area contributed by atoms with E-state index in [4.69, 9.17) is 9.88 Å². The van der Waals surface area contributed by atoms with Gasteiger partial charge in [-0.3, -0.25) is 4.83 Å². The number of fused-ring (bicyclic) bond motifs is 3. The van der Waals surface area contributed by atoms with Gasteiger partial charge < -0.3 is 10.1 Å². The monoisotopic (exact) mass is 341 g/mol. The molecule has 1 aromatic carbocycles. The molecule has 118 valence electrons. The van der Waals surface area contributed by atoms with Crippen molar-refractivity contribution in [1.82, 2.24) is 15.0 Å². The fourth-order valence-corrected chi connectivity index (χ4v) is 4.29. The van der Waals surface area contributed by atoms with Gasteiger partial charge in [-0.05, 0) is 30.1 Å². The highest BCUT2D eigenvalue weighted by Gasteiger charge is 2.35. The molecule has 22 heavy (non-hydrogen) atoms. The van der Waals surface area contributed by atoms with E-state index in [1.54, 1.807) is 12.1 Å². The van der Waals surface area contributed by atoms with Gasteiger partial charge in [-0.25, -0.2) is 23.2 Å². The molecule has 1 aromatic heterocycles. The zero-order valence-electron chi connectivity index (χ0n) is 11.5. The number of sulfonamides is 1. The maximum Gasteiger partial charge on any atom is 0.238 e. The Kier molecular flexibility index (Phi) is 3.31. The van der Waals surface area contributed by atoms with Crippen molar-refractivity contribution in [3.63, 3.8) is 0 Å². The summed E-state index contributed by atoms with van der Waals surface area (Å²) in [6, 6.07) is 4.86. The Morgan fingerprint density at radius 1 is 1.45 bits per heavy atom. The number of benzene rings is 1. The number of hydrogen-bond donors (Lipinski definition) is 3. The van der Waals surface area contributed by atoms with E-state index in [0.29, 0.717) is 12.1 Å². The molecule has 2 aliphatic rings. The minimum atomic E-state index is -3.73. The number of morpholine rings is 1. The Morgan fingerprint density at radius 3 is 3.05 bits per heavy atom. The van der Waals surface area contributed by atoms with E-state index in [1.807, 2.05) is 4.68 Å². The second-order valence-corrected chi connectivity index (χ2v) is 7.75. The smallest absolute Gasteiger partial charge is 0.238 e. The van der Waals surface area contributed by atoms with Crippen molar-refractivity contribution in [2.24, 2.45) is 5.14 Å². The van der Waals surface area contributed by atoms with Crippen LogP contribution in [0.1, 0.15) is 11.1 Å². The van der Waals surface area contributed by atoms with Crippen molar-refractivity contribution in [3.8, 4) is 0 Å². The minimum Gasteiger partial charge on any atom is -0.378 e. The number of rotatable bonds is 2. The number of nitrogens with two attached hydrogens (primary N) is 1. The first kappa shape index (κ1) is 14.3. The molecule has 2 unspecified atom stereocenters. The van der Waals surface area contributed by atoms with Gasteiger partial charge in [0.1, 0.15) is 11.1 Å². The molecule has 0 aliphatic carbocycles. The maximum absolute atomic E-state index is 11.5. The van der Waals surface area contributed by atoms with Gasteiger partial charge in [0.05, 0.1) is 35.2 Å². The molecule has 1 saturated heterocycles. The Hall–Kier alpha value is -1.33. The average molecular weight is 341 g/mol. The summed E-state index contributed by atoms with van der Waals surface area (Å²) < 4.78 is 30.3. The molecule has 0 spiro atoms. The van der Waals surface area contributed by atoms with E-state index in [-0.39, 0.29) is 16.2 Å². The third kappa shape index (κ3) is 2.27. The van der Waals surface area contributed by atoms with Crippen molar-refractivity contribution in [2.75, 3.05) is 24.6 Å². The highest BCUT2D eigenvalue weighted by molar-refractivity contribution is 8.00. The first-order valence-corrected chi connectivity index (χ1v) is 9.24. The summed E-state index contributed by atoms with van der Waals surface area (Å²) in [5.74, 6) is 0.856. The lowest BCUT2D eigenvalue weighted by Crippen LogP contribution is -2.44. The Labute approximate surface area is 131 Å². The Balaban J connectivity index is 1.77. The summed E-state index contributed by atoms with van der Waals surface area (Å²) in [7, 11) is -3.73. The van der Waals surface area contributed by atoms with Crippen LogP contribution in [0.25, 0.3) is 11.0 Å². The Morgan fingerprint density at radius 2 is 2.32 bits per heavy atom. The third-order valence-electron chi connectivity index (χ3n) is 3.82. The largest absolute Gasteiger partial charge is 0.378 e. The summed E-state index contributed by atoms with van der Waals surface area (Å²) in [6.45, 7) is 2.16. The van der Waals surface area contributed by atoms with Crippen molar-refractivity contribution in [1.29, 1.82) is 0 Å². The van der Waals surface area contributed by atoms with Crippen LogP contribution in [-0.2, 0) is 14.8 Å². The van der Waals surface area contributed by atoms with E-state index in [2.05, 4.69) is 15.1 Å². The SMILES string of the molecule is NS(=O)(=O)c1ccc2nc3n(c2c1)NSC3C1COCCN1. The van der Waals surface area contributed by atoms with Crippen LogP contribution in [0.4, 0.5) is 0 Å². The normalized spacial score (nSPS) is 25.1. The van der Waals surface area contributed by atoms with Gasteiger partial charge in [0, 0.05) is 6.54 Å². The van der Waals surface area contributed by atoms with Crippen molar-refractivity contribution >= 4 is 33.0 Å². The van der Waals surface area contributed by atoms with Crippen LogP contribution in [0.15, 0.2) is 23.1 Å². The molecule has 2 aliphatic heterocycles. The molecule has 10 heteroatoms. The highest BCUT2D eigenvalue weighted by atomic mass is 32.2. The molecule has 2 aromatic rings. The number of hydrogen-bond acceptors (Lipinski definition) is 7. The predicted octanol–water partition coefficient (Wildman–Crippen LogP) is -0.0815. The van der Waals surface area contributed by atoms with Gasteiger partial charge in [0.15, 0.2) is 0 Å². The van der Waals surface area contributed by atoms with E-state index in [1.165, 1.54) is 18.0 Å². The lowest BCUT2D eigenvalue weighted by Gasteiger charge is -2.26. The Bertz CT molecular complexity index is 829. The van der Waals surface area contributed by atoms with Crippen molar-refractivity contribution < 1.29 is 13.2 Å². The molecule has 4 rings (SSSR count). The van der Waals surface area contributed by atoms with E-state index in [0.717, 1.165) is 24.5 Å². The van der Waals surface area contributed by atoms with Gasteiger partial charge in [0.25, 0.3) is 0 Å². The molecule has 0 saturated carbocycles. The number of nitrogens with zero attached hydrogens (tertiary/aromatic N) is 2. The van der Waals surface area contributed by atoms with E-state index >= 15 is 0 Å². The van der Waals surface area contributed by atoms with Crippen LogP contribution < -0.4 is 15.3 Å². The molecule has 8 nitrogen and oxygen atoms in total. The topological polar surface area (TPSA) is 111 Å². The number of nitrogens with one attached hydrogen (secondary N) is 2. The summed E-state index contributed by atoms with van der Waals surface area (Å²) in [5, 5.41) is 8.73. The number of ether oxygens (including phenoxy) is 1. The molecule has 0 amide bonds. The molecule has 1 fully saturated rings. The average Bonchev–Trinajstić information content (AvgIpc) is 3.05. The van der Waals surface area contributed by atoms with Crippen LogP contribution >= 0.6 is 11.9 Å². The highest BCUT2D eigenvalue weighted by Crippen LogP contribution is 2.38. The van der Waals surface area contributed by atoms with Gasteiger partial charge in [-0.15, -0.1) is 0 Å². The zero-order chi connectivity index (χ0) is 15.3. The first-order chi connectivity index (χ1) is 10.5. The van der Waals surface area contributed by atoms with Gasteiger partial charge >= 0.3 is 0 Å². The minimum absolute atomic E-state index is 0.0806. The van der Waals surface area contributed by atoms with Gasteiger partial charge in [-0.2, -0.15) is 0 Å². The summed E-state index contributed by atoms with van der Waals surface area (Å²) in [6.07, 6.45) is 0. The second kappa shape index (κ2) is 5.10. The molecule has 0 radical (unpaired) electrons. The summed E-state index contributed by atoms with van der Waals surface area (Å²) in [5.41, 5.74) is 1.44.